The topological polar surface area (TPSA) is 38.5 Å². The zero-order chi connectivity index (χ0) is 12.7. The van der Waals surface area contributed by atoms with Crippen molar-refractivity contribution in [3.63, 3.8) is 0 Å². The van der Waals surface area contributed by atoms with Crippen LogP contribution in [0.5, 0.6) is 0 Å². The van der Waals surface area contributed by atoms with Gasteiger partial charge in [-0.15, -0.1) is 0 Å². The fraction of sp³-hybridized carbons (Fsp3) is 0.571. The van der Waals surface area contributed by atoms with Crippen LogP contribution in [0.3, 0.4) is 0 Å². The molecule has 3 heteroatoms. The van der Waals surface area contributed by atoms with E-state index in [0.717, 1.165) is 31.8 Å². The van der Waals surface area contributed by atoms with Gasteiger partial charge in [-0.25, -0.2) is 0 Å². The molecule has 0 amide bonds. The molecule has 1 aromatic carbocycles. The molecule has 2 N–H and O–H groups in total. The monoisotopic (exact) mass is 236 g/mol. The normalized spacial score (nSPS) is 11.4. The summed E-state index contributed by atoms with van der Waals surface area (Å²) in [5.74, 6) is 0. The zero-order valence-corrected chi connectivity index (χ0v) is 11.1. The van der Waals surface area contributed by atoms with Crippen LogP contribution in [0.2, 0.25) is 0 Å². The first-order valence-electron chi connectivity index (χ1n) is 6.21. The highest BCUT2D eigenvalue weighted by Crippen LogP contribution is 2.08. The van der Waals surface area contributed by atoms with Crippen molar-refractivity contribution in [3.8, 4) is 0 Å². The van der Waals surface area contributed by atoms with Crippen LogP contribution in [-0.2, 0) is 11.2 Å². The third-order valence-electron chi connectivity index (χ3n) is 2.98. The van der Waals surface area contributed by atoms with E-state index in [0.29, 0.717) is 6.04 Å². The van der Waals surface area contributed by atoms with Crippen LogP contribution in [0.4, 0.5) is 5.69 Å². The minimum absolute atomic E-state index is 0.555. The second-order valence-electron chi connectivity index (χ2n) is 4.61. The van der Waals surface area contributed by atoms with Gasteiger partial charge in [0.25, 0.3) is 0 Å². The lowest BCUT2D eigenvalue weighted by atomic mass is 10.1. The molecule has 0 saturated carbocycles. The van der Waals surface area contributed by atoms with E-state index in [1.54, 1.807) is 7.11 Å². The molecule has 0 aromatic heterocycles. The highest BCUT2D eigenvalue weighted by Gasteiger charge is 2.08. The lowest BCUT2D eigenvalue weighted by Gasteiger charge is -2.26. The van der Waals surface area contributed by atoms with E-state index in [-0.39, 0.29) is 0 Å². The van der Waals surface area contributed by atoms with Gasteiger partial charge in [-0.05, 0) is 38.0 Å². The molecule has 0 bridgehead atoms. The number of nitrogens with two attached hydrogens (primary N) is 1. The molecule has 0 aliphatic heterocycles. The minimum Gasteiger partial charge on any atom is -0.399 e. The van der Waals surface area contributed by atoms with Crippen molar-refractivity contribution in [1.82, 2.24) is 4.90 Å². The number of hydrogen-bond donors (Lipinski definition) is 1. The predicted molar refractivity (Wildman–Crippen MR) is 73.1 cm³/mol. The summed E-state index contributed by atoms with van der Waals surface area (Å²) in [6, 6.07) is 8.68. The summed E-state index contributed by atoms with van der Waals surface area (Å²) in [6.45, 7) is 7.28. The molecule has 17 heavy (non-hydrogen) atoms. The SMILES string of the molecule is COCCN(CCc1ccc(N)cc1)C(C)C. The lowest BCUT2D eigenvalue weighted by molar-refractivity contribution is 0.130. The first kappa shape index (κ1) is 14.0. The summed E-state index contributed by atoms with van der Waals surface area (Å²) in [7, 11) is 1.75. The molecule has 1 rings (SSSR count). The summed E-state index contributed by atoms with van der Waals surface area (Å²) < 4.78 is 5.13. The van der Waals surface area contributed by atoms with Gasteiger partial charge >= 0.3 is 0 Å². The molecule has 3 nitrogen and oxygen atoms in total. The molecule has 0 heterocycles. The fourth-order valence-corrected chi connectivity index (χ4v) is 1.79. The highest BCUT2D eigenvalue weighted by atomic mass is 16.5. The van der Waals surface area contributed by atoms with E-state index in [1.165, 1.54) is 5.56 Å². The van der Waals surface area contributed by atoms with Crippen molar-refractivity contribution in [1.29, 1.82) is 0 Å². The number of anilines is 1. The van der Waals surface area contributed by atoms with Gasteiger partial charge in [-0.2, -0.15) is 0 Å². The van der Waals surface area contributed by atoms with Crippen molar-refractivity contribution in [3.05, 3.63) is 29.8 Å². The van der Waals surface area contributed by atoms with E-state index >= 15 is 0 Å². The second-order valence-corrected chi connectivity index (χ2v) is 4.61. The molecule has 1 aromatic rings. The standard InChI is InChI=1S/C14H24N2O/c1-12(2)16(10-11-17-3)9-8-13-4-6-14(15)7-5-13/h4-7,12H,8-11,15H2,1-3H3. The third kappa shape index (κ3) is 5.20. The van der Waals surface area contributed by atoms with Crippen molar-refractivity contribution in [2.24, 2.45) is 0 Å². The average molecular weight is 236 g/mol. The largest absolute Gasteiger partial charge is 0.399 e. The maximum absolute atomic E-state index is 5.67. The smallest absolute Gasteiger partial charge is 0.0589 e. The first-order valence-corrected chi connectivity index (χ1v) is 6.21. The van der Waals surface area contributed by atoms with Crippen molar-refractivity contribution in [2.45, 2.75) is 26.3 Å². The van der Waals surface area contributed by atoms with Gasteiger partial charge < -0.3 is 10.5 Å². The second kappa shape index (κ2) is 7.30. The molecule has 0 aliphatic rings. The minimum atomic E-state index is 0.555. The van der Waals surface area contributed by atoms with Gasteiger partial charge in [-0.1, -0.05) is 12.1 Å². The van der Waals surface area contributed by atoms with Crippen LogP contribution in [0.15, 0.2) is 24.3 Å². The summed E-state index contributed by atoms with van der Waals surface area (Å²) in [5, 5.41) is 0. The van der Waals surface area contributed by atoms with E-state index < -0.39 is 0 Å². The van der Waals surface area contributed by atoms with Gasteiger partial charge in [0.1, 0.15) is 0 Å². The molecular formula is C14H24N2O. The third-order valence-corrected chi connectivity index (χ3v) is 2.98. The highest BCUT2D eigenvalue weighted by molar-refractivity contribution is 5.39. The maximum atomic E-state index is 5.67. The molecule has 0 fully saturated rings. The van der Waals surface area contributed by atoms with Crippen LogP contribution >= 0.6 is 0 Å². The predicted octanol–water partition coefficient (Wildman–Crippen LogP) is 2.17. The molecule has 96 valence electrons. The van der Waals surface area contributed by atoms with E-state index in [1.807, 2.05) is 12.1 Å². The summed E-state index contributed by atoms with van der Waals surface area (Å²) >= 11 is 0. The van der Waals surface area contributed by atoms with E-state index in [4.69, 9.17) is 10.5 Å². The molecular weight excluding hydrogens is 212 g/mol. The van der Waals surface area contributed by atoms with Crippen LogP contribution in [0.1, 0.15) is 19.4 Å². The van der Waals surface area contributed by atoms with Crippen molar-refractivity contribution >= 4 is 5.69 Å². The van der Waals surface area contributed by atoms with Gasteiger partial charge in [0.05, 0.1) is 6.61 Å². The quantitative estimate of drug-likeness (QED) is 0.737. The van der Waals surface area contributed by atoms with Gasteiger partial charge in [0.2, 0.25) is 0 Å². The number of benzene rings is 1. The zero-order valence-electron chi connectivity index (χ0n) is 11.1. The Balaban J connectivity index is 2.43. The van der Waals surface area contributed by atoms with Crippen LogP contribution < -0.4 is 5.73 Å². The maximum Gasteiger partial charge on any atom is 0.0589 e. The van der Waals surface area contributed by atoms with Crippen molar-refractivity contribution < 1.29 is 4.74 Å². The Labute approximate surface area is 105 Å². The average Bonchev–Trinajstić information content (AvgIpc) is 2.31. The number of nitrogens with zero attached hydrogens (tertiary/aromatic N) is 1. The molecule has 0 radical (unpaired) electrons. The lowest BCUT2D eigenvalue weighted by Crippen LogP contribution is -2.35. The number of methoxy groups -OCH3 is 1. The Morgan fingerprint density at radius 3 is 2.35 bits per heavy atom. The van der Waals surface area contributed by atoms with Crippen LogP contribution in [0.25, 0.3) is 0 Å². The fourth-order valence-electron chi connectivity index (χ4n) is 1.79. The Hall–Kier alpha value is -1.06. The van der Waals surface area contributed by atoms with Crippen LogP contribution in [-0.4, -0.2) is 37.7 Å². The summed E-state index contributed by atoms with van der Waals surface area (Å²) in [6.07, 6.45) is 1.06. The number of nitrogen functional groups attached to an aromatic ring is 1. The van der Waals surface area contributed by atoms with Gasteiger partial charge in [0.15, 0.2) is 0 Å². The summed E-state index contributed by atoms with van der Waals surface area (Å²) in [4.78, 5) is 2.43. The van der Waals surface area contributed by atoms with Crippen LogP contribution in [0, 0.1) is 0 Å². The molecule has 0 aliphatic carbocycles. The first-order chi connectivity index (χ1) is 8.13. The van der Waals surface area contributed by atoms with Gasteiger partial charge in [0, 0.05) is 31.9 Å². The number of rotatable bonds is 7. The Bertz CT molecular complexity index is 309. The Morgan fingerprint density at radius 1 is 1.18 bits per heavy atom. The van der Waals surface area contributed by atoms with E-state index in [9.17, 15) is 0 Å². The molecule has 0 saturated heterocycles. The Kier molecular flexibility index (Phi) is 6.01. The van der Waals surface area contributed by atoms with Crippen molar-refractivity contribution in [2.75, 3.05) is 32.5 Å². The Morgan fingerprint density at radius 2 is 1.82 bits per heavy atom. The van der Waals surface area contributed by atoms with E-state index in [2.05, 4.69) is 30.9 Å². The molecule has 0 unspecified atom stereocenters. The van der Waals surface area contributed by atoms with Gasteiger partial charge in [-0.3, -0.25) is 4.90 Å². The summed E-state index contributed by atoms with van der Waals surface area (Å²) in [5.41, 5.74) is 7.83. The number of ether oxygens (including phenoxy) is 1. The number of hydrogen-bond acceptors (Lipinski definition) is 3. The molecule has 0 atom stereocenters. The molecule has 0 spiro atoms.